The average molecular weight is 391 g/mol. The third-order valence-corrected chi connectivity index (χ3v) is 4.50. The molecule has 0 saturated heterocycles. The largest absolute Gasteiger partial charge is 0.463 e. The van der Waals surface area contributed by atoms with Crippen molar-refractivity contribution in [2.45, 2.75) is 57.8 Å². The van der Waals surface area contributed by atoms with Gasteiger partial charge < -0.3 is 14.2 Å². The molecule has 0 aromatic heterocycles. The first-order chi connectivity index (χ1) is 13.7. The van der Waals surface area contributed by atoms with Crippen molar-refractivity contribution in [3.05, 3.63) is 48.0 Å². The highest BCUT2D eigenvalue weighted by atomic mass is 16.5. The van der Waals surface area contributed by atoms with Gasteiger partial charge in [-0.15, -0.1) is 0 Å². The Bertz CT molecular complexity index is 568. The fourth-order valence-electron chi connectivity index (χ4n) is 2.88. The molecule has 0 saturated carbocycles. The van der Waals surface area contributed by atoms with Gasteiger partial charge >= 0.3 is 11.9 Å². The molecule has 0 spiro atoms. The van der Waals surface area contributed by atoms with Crippen molar-refractivity contribution >= 4 is 11.9 Å². The summed E-state index contributed by atoms with van der Waals surface area (Å²) in [6, 6.07) is 10.1. The van der Waals surface area contributed by atoms with Crippen molar-refractivity contribution in [1.82, 2.24) is 0 Å². The van der Waals surface area contributed by atoms with Gasteiger partial charge in [0.2, 0.25) is 0 Å². The Hall–Kier alpha value is -2.14. The van der Waals surface area contributed by atoms with Crippen LogP contribution in [0.3, 0.4) is 0 Å². The number of benzene rings is 1. The highest BCUT2D eigenvalue weighted by Crippen LogP contribution is 2.23. The van der Waals surface area contributed by atoms with E-state index in [4.69, 9.17) is 14.2 Å². The van der Waals surface area contributed by atoms with Crippen LogP contribution < -0.4 is 0 Å². The SMILES string of the molecule is CCCCCCCOC(=O)/C=C/C(=O)OCCC(CCOC)c1ccccc1. The molecule has 0 aliphatic carbocycles. The molecule has 1 aromatic rings. The van der Waals surface area contributed by atoms with Gasteiger partial charge in [-0.1, -0.05) is 62.9 Å². The maximum absolute atomic E-state index is 11.8. The van der Waals surface area contributed by atoms with Gasteiger partial charge in [-0.25, -0.2) is 9.59 Å². The number of ether oxygens (including phenoxy) is 3. The van der Waals surface area contributed by atoms with Gasteiger partial charge in [0.05, 0.1) is 13.2 Å². The predicted octanol–water partition coefficient (Wildman–Crippen LogP) is 4.81. The van der Waals surface area contributed by atoms with Crippen molar-refractivity contribution in [3.63, 3.8) is 0 Å². The summed E-state index contributed by atoms with van der Waals surface area (Å²) in [5.41, 5.74) is 1.20. The highest BCUT2D eigenvalue weighted by Gasteiger charge is 2.12. The standard InChI is InChI=1S/C23H34O5/c1-3-4-5-6-10-17-27-22(24)13-14-23(25)28-19-16-21(15-18-26-2)20-11-8-7-9-12-20/h7-9,11-14,21H,3-6,10,15-19H2,1-2H3/b14-13+. The summed E-state index contributed by atoms with van der Waals surface area (Å²) in [5, 5.41) is 0. The second-order valence-electron chi connectivity index (χ2n) is 6.76. The summed E-state index contributed by atoms with van der Waals surface area (Å²) in [6.45, 7) is 3.49. The third-order valence-electron chi connectivity index (χ3n) is 4.50. The van der Waals surface area contributed by atoms with Crippen LogP contribution >= 0.6 is 0 Å². The minimum Gasteiger partial charge on any atom is -0.463 e. The Morgan fingerprint density at radius 2 is 1.46 bits per heavy atom. The van der Waals surface area contributed by atoms with Gasteiger partial charge in [-0.2, -0.15) is 0 Å². The number of methoxy groups -OCH3 is 1. The second kappa shape index (κ2) is 15.9. The van der Waals surface area contributed by atoms with Crippen LogP contribution in [0.15, 0.2) is 42.5 Å². The predicted molar refractivity (Wildman–Crippen MR) is 110 cm³/mol. The van der Waals surface area contributed by atoms with E-state index in [1.165, 1.54) is 18.4 Å². The second-order valence-corrected chi connectivity index (χ2v) is 6.76. The molecule has 156 valence electrons. The van der Waals surface area contributed by atoms with Gasteiger partial charge in [0.15, 0.2) is 0 Å². The number of rotatable bonds is 15. The molecule has 1 atom stereocenters. The van der Waals surface area contributed by atoms with Crippen LogP contribution in [0.5, 0.6) is 0 Å². The van der Waals surface area contributed by atoms with Crippen LogP contribution in [0.2, 0.25) is 0 Å². The van der Waals surface area contributed by atoms with E-state index in [2.05, 4.69) is 19.1 Å². The lowest BCUT2D eigenvalue weighted by molar-refractivity contribution is -0.140. The first kappa shape index (κ1) is 23.9. The van der Waals surface area contributed by atoms with Crippen LogP contribution in [0.4, 0.5) is 0 Å². The van der Waals surface area contributed by atoms with E-state index in [0.29, 0.717) is 26.2 Å². The minimum absolute atomic E-state index is 0.260. The van der Waals surface area contributed by atoms with E-state index in [1.807, 2.05) is 18.2 Å². The summed E-state index contributed by atoms with van der Waals surface area (Å²) in [7, 11) is 1.68. The zero-order valence-corrected chi connectivity index (χ0v) is 17.2. The number of hydrogen-bond acceptors (Lipinski definition) is 5. The molecular weight excluding hydrogens is 356 g/mol. The molecule has 1 rings (SSSR count). The maximum Gasteiger partial charge on any atom is 0.331 e. The zero-order valence-electron chi connectivity index (χ0n) is 17.2. The smallest absolute Gasteiger partial charge is 0.331 e. The lowest BCUT2D eigenvalue weighted by atomic mass is 9.93. The van der Waals surface area contributed by atoms with Crippen LogP contribution in [-0.4, -0.2) is 38.9 Å². The Kier molecular flexibility index (Phi) is 13.5. The van der Waals surface area contributed by atoms with E-state index in [9.17, 15) is 9.59 Å². The number of unbranched alkanes of at least 4 members (excludes halogenated alkanes) is 4. The lowest BCUT2D eigenvalue weighted by Crippen LogP contribution is -2.10. The van der Waals surface area contributed by atoms with Crippen LogP contribution in [0.25, 0.3) is 0 Å². The molecule has 0 radical (unpaired) electrons. The van der Waals surface area contributed by atoms with Gasteiger partial charge in [0, 0.05) is 25.9 Å². The molecule has 0 fully saturated rings. The molecule has 0 amide bonds. The number of hydrogen-bond donors (Lipinski definition) is 0. The molecule has 1 unspecified atom stereocenters. The average Bonchev–Trinajstić information content (AvgIpc) is 2.72. The summed E-state index contributed by atoms with van der Waals surface area (Å²) >= 11 is 0. The molecule has 1 aromatic carbocycles. The molecule has 0 heterocycles. The molecule has 5 heteroatoms. The first-order valence-corrected chi connectivity index (χ1v) is 10.2. The van der Waals surface area contributed by atoms with Crippen molar-refractivity contribution in [1.29, 1.82) is 0 Å². The Morgan fingerprint density at radius 1 is 0.857 bits per heavy atom. The molecule has 0 bridgehead atoms. The molecule has 0 N–H and O–H groups in total. The summed E-state index contributed by atoms with van der Waals surface area (Å²) in [6.07, 6.45) is 9.28. The van der Waals surface area contributed by atoms with E-state index in [0.717, 1.165) is 37.8 Å². The Morgan fingerprint density at radius 3 is 2.11 bits per heavy atom. The molecule has 0 aliphatic heterocycles. The minimum atomic E-state index is -0.529. The topological polar surface area (TPSA) is 61.8 Å². The monoisotopic (exact) mass is 390 g/mol. The van der Waals surface area contributed by atoms with Crippen molar-refractivity contribution in [3.8, 4) is 0 Å². The summed E-state index contributed by atoms with van der Waals surface area (Å²) < 4.78 is 15.5. The normalized spacial score (nSPS) is 12.1. The number of esters is 2. The number of carbonyl (C=O) groups excluding carboxylic acids is 2. The van der Waals surface area contributed by atoms with Crippen LogP contribution in [0, 0.1) is 0 Å². The van der Waals surface area contributed by atoms with E-state index >= 15 is 0 Å². The van der Waals surface area contributed by atoms with E-state index in [-0.39, 0.29) is 5.92 Å². The quantitative estimate of drug-likeness (QED) is 0.244. The first-order valence-electron chi connectivity index (χ1n) is 10.2. The Labute approximate surface area is 169 Å². The van der Waals surface area contributed by atoms with Crippen molar-refractivity contribution < 1.29 is 23.8 Å². The van der Waals surface area contributed by atoms with Crippen molar-refractivity contribution in [2.24, 2.45) is 0 Å². The fourth-order valence-corrected chi connectivity index (χ4v) is 2.88. The maximum atomic E-state index is 11.8. The van der Waals surface area contributed by atoms with Gasteiger partial charge in [0.25, 0.3) is 0 Å². The Balaban J connectivity index is 2.26. The lowest BCUT2D eigenvalue weighted by Gasteiger charge is -2.16. The molecule has 0 aliphatic rings. The summed E-state index contributed by atoms with van der Waals surface area (Å²) in [5.74, 6) is -0.774. The molecular formula is C23H34O5. The van der Waals surface area contributed by atoms with Gasteiger partial charge in [-0.05, 0) is 30.7 Å². The fraction of sp³-hybridized carbons (Fsp3) is 0.565. The van der Waals surface area contributed by atoms with Crippen molar-refractivity contribution in [2.75, 3.05) is 26.9 Å². The van der Waals surface area contributed by atoms with Crippen LogP contribution in [-0.2, 0) is 23.8 Å². The molecule has 28 heavy (non-hydrogen) atoms. The summed E-state index contributed by atoms with van der Waals surface area (Å²) in [4.78, 5) is 23.4. The molecule has 5 nitrogen and oxygen atoms in total. The van der Waals surface area contributed by atoms with Gasteiger partial charge in [0.1, 0.15) is 0 Å². The third kappa shape index (κ3) is 11.5. The number of carbonyl (C=O) groups is 2. The van der Waals surface area contributed by atoms with Gasteiger partial charge in [-0.3, -0.25) is 0 Å². The van der Waals surface area contributed by atoms with E-state index in [1.54, 1.807) is 7.11 Å². The van der Waals surface area contributed by atoms with E-state index < -0.39 is 11.9 Å². The zero-order chi connectivity index (χ0) is 20.5. The highest BCUT2D eigenvalue weighted by molar-refractivity contribution is 5.91. The van der Waals surface area contributed by atoms with Crippen LogP contribution in [0.1, 0.15) is 63.4 Å².